The molecule has 0 bridgehead atoms. The molecule has 0 saturated heterocycles. The van der Waals surface area contributed by atoms with E-state index in [9.17, 15) is 0 Å². The van der Waals surface area contributed by atoms with E-state index in [2.05, 4.69) is 39.4 Å². The molecule has 88 valence electrons. The van der Waals surface area contributed by atoms with Crippen LogP contribution in [0.25, 0.3) is 0 Å². The molecule has 0 spiro atoms. The highest BCUT2D eigenvalue weighted by Crippen LogP contribution is 2.26. The fourth-order valence-electron chi connectivity index (χ4n) is 1.86. The fourth-order valence-corrected chi connectivity index (χ4v) is 2.47. The lowest BCUT2D eigenvalue weighted by Crippen LogP contribution is -2.26. The normalized spacial score (nSPS) is 17.4. The number of halogens is 1. The van der Waals surface area contributed by atoms with Crippen LogP contribution in [0.3, 0.4) is 0 Å². The van der Waals surface area contributed by atoms with Gasteiger partial charge in [-0.1, -0.05) is 34.1 Å². The van der Waals surface area contributed by atoms with E-state index < -0.39 is 0 Å². The Morgan fingerprint density at radius 1 is 1.44 bits per heavy atom. The predicted octanol–water partition coefficient (Wildman–Crippen LogP) is 2.93. The van der Waals surface area contributed by atoms with Gasteiger partial charge in [-0.3, -0.25) is 0 Å². The fraction of sp³-hybridized carbons (Fsp3) is 0.538. The SMILES string of the molecule is COCC(CNC1CC1)c1ccccc1Br. The second kappa shape index (κ2) is 5.80. The first-order chi connectivity index (χ1) is 7.81. The van der Waals surface area contributed by atoms with Gasteiger partial charge in [-0.25, -0.2) is 0 Å². The molecule has 1 atom stereocenters. The Kier molecular flexibility index (Phi) is 4.38. The third-order valence-corrected chi connectivity index (χ3v) is 3.67. The van der Waals surface area contributed by atoms with Crippen LogP contribution >= 0.6 is 15.9 Å². The van der Waals surface area contributed by atoms with E-state index in [0.29, 0.717) is 5.92 Å². The van der Waals surface area contributed by atoms with Crippen LogP contribution < -0.4 is 5.32 Å². The second-order valence-electron chi connectivity index (χ2n) is 4.36. The maximum Gasteiger partial charge on any atom is 0.0543 e. The molecule has 1 saturated carbocycles. The maximum atomic E-state index is 5.31. The molecule has 2 nitrogen and oxygen atoms in total. The van der Waals surface area contributed by atoms with E-state index >= 15 is 0 Å². The third-order valence-electron chi connectivity index (χ3n) is 2.94. The lowest BCUT2D eigenvalue weighted by atomic mass is 10.00. The minimum Gasteiger partial charge on any atom is -0.384 e. The molecule has 1 aliphatic carbocycles. The van der Waals surface area contributed by atoms with Crippen LogP contribution in [0, 0.1) is 0 Å². The van der Waals surface area contributed by atoms with Crippen molar-refractivity contribution >= 4 is 15.9 Å². The van der Waals surface area contributed by atoms with E-state index in [1.54, 1.807) is 7.11 Å². The molecular weight excluding hydrogens is 266 g/mol. The molecule has 2 rings (SSSR count). The Hall–Kier alpha value is -0.380. The van der Waals surface area contributed by atoms with E-state index in [1.807, 2.05) is 6.07 Å². The number of ether oxygens (including phenoxy) is 1. The largest absolute Gasteiger partial charge is 0.384 e. The van der Waals surface area contributed by atoms with Crippen molar-refractivity contribution in [2.24, 2.45) is 0 Å². The summed E-state index contributed by atoms with van der Waals surface area (Å²) in [5.74, 6) is 0.432. The van der Waals surface area contributed by atoms with E-state index in [0.717, 1.165) is 19.2 Å². The molecule has 1 aromatic carbocycles. The lowest BCUT2D eigenvalue weighted by Gasteiger charge is -2.18. The predicted molar refractivity (Wildman–Crippen MR) is 69.8 cm³/mol. The molecule has 1 unspecified atom stereocenters. The summed E-state index contributed by atoms with van der Waals surface area (Å²) < 4.78 is 6.48. The Morgan fingerprint density at radius 3 is 2.81 bits per heavy atom. The highest BCUT2D eigenvalue weighted by Gasteiger charge is 2.23. The summed E-state index contributed by atoms with van der Waals surface area (Å²) in [5.41, 5.74) is 1.33. The summed E-state index contributed by atoms with van der Waals surface area (Å²) in [6.07, 6.45) is 2.66. The van der Waals surface area contributed by atoms with Gasteiger partial charge in [0.2, 0.25) is 0 Å². The van der Waals surface area contributed by atoms with Crippen molar-refractivity contribution in [2.75, 3.05) is 20.3 Å². The number of rotatable bonds is 6. The first-order valence-corrected chi connectivity index (χ1v) is 6.57. The molecule has 0 amide bonds. The van der Waals surface area contributed by atoms with Crippen LogP contribution in [0.4, 0.5) is 0 Å². The zero-order chi connectivity index (χ0) is 11.4. The Balaban J connectivity index is 2.01. The molecule has 1 aromatic rings. The van der Waals surface area contributed by atoms with E-state index in [4.69, 9.17) is 4.74 Å². The summed E-state index contributed by atoms with van der Waals surface area (Å²) >= 11 is 3.61. The standard InChI is InChI=1S/C13H18BrNO/c1-16-9-10(8-15-11-6-7-11)12-4-2-3-5-13(12)14/h2-5,10-11,15H,6-9H2,1H3. The summed E-state index contributed by atoms with van der Waals surface area (Å²) in [6, 6.07) is 9.14. The average molecular weight is 284 g/mol. The molecule has 0 aliphatic heterocycles. The number of benzene rings is 1. The zero-order valence-electron chi connectivity index (χ0n) is 9.58. The minimum atomic E-state index is 0.432. The molecule has 0 heterocycles. The monoisotopic (exact) mass is 283 g/mol. The quantitative estimate of drug-likeness (QED) is 0.867. The molecule has 0 aromatic heterocycles. The first-order valence-electron chi connectivity index (χ1n) is 5.78. The van der Waals surface area contributed by atoms with Gasteiger partial charge in [0.15, 0.2) is 0 Å². The first kappa shape index (κ1) is 12.1. The maximum absolute atomic E-state index is 5.31. The smallest absolute Gasteiger partial charge is 0.0543 e. The molecular formula is C13H18BrNO. The van der Waals surface area contributed by atoms with Gasteiger partial charge in [-0.05, 0) is 24.5 Å². The number of methoxy groups -OCH3 is 1. The summed E-state index contributed by atoms with van der Waals surface area (Å²) in [7, 11) is 1.76. The van der Waals surface area contributed by atoms with Crippen molar-refractivity contribution in [2.45, 2.75) is 24.8 Å². The summed E-state index contributed by atoms with van der Waals surface area (Å²) in [5, 5.41) is 3.57. The summed E-state index contributed by atoms with van der Waals surface area (Å²) in [6.45, 7) is 1.77. The van der Waals surface area contributed by atoms with Crippen LogP contribution in [-0.2, 0) is 4.74 Å². The van der Waals surface area contributed by atoms with E-state index in [1.165, 1.54) is 22.9 Å². The number of hydrogen-bond acceptors (Lipinski definition) is 2. The summed E-state index contributed by atoms with van der Waals surface area (Å²) in [4.78, 5) is 0. The molecule has 1 N–H and O–H groups in total. The highest BCUT2D eigenvalue weighted by molar-refractivity contribution is 9.10. The average Bonchev–Trinajstić information content (AvgIpc) is 3.09. The van der Waals surface area contributed by atoms with Gasteiger partial charge in [0.05, 0.1) is 6.61 Å². The molecule has 3 heteroatoms. The molecule has 1 fully saturated rings. The zero-order valence-corrected chi connectivity index (χ0v) is 11.2. The molecule has 16 heavy (non-hydrogen) atoms. The van der Waals surface area contributed by atoms with Gasteiger partial charge in [0.1, 0.15) is 0 Å². The van der Waals surface area contributed by atoms with Crippen molar-refractivity contribution in [3.63, 3.8) is 0 Å². The van der Waals surface area contributed by atoms with Crippen LogP contribution in [0.5, 0.6) is 0 Å². The van der Waals surface area contributed by atoms with Gasteiger partial charge in [0.25, 0.3) is 0 Å². The number of nitrogens with one attached hydrogen (secondary N) is 1. The van der Waals surface area contributed by atoms with Crippen molar-refractivity contribution in [3.05, 3.63) is 34.3 Å². The lowest BCUT2D eigenvalue weighted by molar-refractivity contribution is 0.177. The third kappa shape index (κ3) is 3.30. The van der Waals surface area contributed by atoms with Crippen molar-refractivity contribution in [1.82, 2.24) is 5.32 Å². The van der Waals surface area contributed by atoms with Crippen molar-refractivity contribution < 1.29 is 4.74 Å². The highest BCUT2D eigenvalue weighted by atomic mass is 79.9. The van der Waals surface area contributed by atoms with Gasteiger partial charge in [0, 0.05) is 30.1 Å². The van der Waals surface area contributed by atoms with Crippen LogP contribution in [0.2, 0.25) is 0 Å². The Labute approximate surface area is 106 Å². The van der Waals surface area contributed by atoms with Crippen molar-refractivity contribution in [1.29, 1.82) is 0 Å². The second-order valence-corrected chi connectivity index (χ2v) is 5.21. The van der Waals surface area contributed by atoms with Gasteiger partial charge < -0.3 is 10.1 Å². The Bertz CT molecular complexity index is 338. The topological polar surface area (TPSA) is 21.3 Å². The minimum absolute atomic E-state index is 0.432. The van der Waals surface area contributed by atoms with E-state index in [-0.39, 0.29) is 0 Å². The van der Waals surface area contributed by atoms with Crippen LogP contribution in [0.15, 0.2) is 28.7 Å². The van der Waals surface area contributed by atoms with Gasteiger partial charge >= 0.3 is 0 Å². The molecule has 0 radical (unpaired) electrons. The Morgan fingerprint density at radius 2 is 2.19 bits per heavy atom. The van der Waals surface area contributed by atoms with Gasteiger partial charge in [-0.15, -0.1) is 0 Å². The number of hydrogen-bond donors (Lipinski definition) is 1. The molecule has 1 aliphatic rings. The van der Waals surface area contributed by atoms with Crippen LogP contribution in [-0.4, -0.2) is 26.3 Å². The van der Waals surface area contributed by atoms with Crippen molar-refractivity contribution in [3.8, 4) is 0 Å². The van der Waals surface area contributed by atoms with Gasteiger partial charge in [-0.2, -0.15) is 0 Å². The van der Waals surface area contributed by atoms with Crippen LogP contribution in [0.1, 0.15) is 24.3 Å².